The second kappa shape index (κ2) is 10.7. The van der Waals surface area contributed by atoms with Crippen molar-refractivity contribution in [1.29, 1.82) is 0 Å². The molecule has 0 spiro atoms. The molecule has 0 aliphatic carbocycles. The van der Waals surface area contributed by atoms with E-state index in [1.807, 2.05) is 0 Å². The molecule has 0 aliphatic heterocycles. The highest BCUT2D eigenvalue weighted by atomic mass is 16.4. The summed E-state index contributed by atoms with van der Waals surface area (Å²) in [6.45, 7) is 3.24. The van der Waals surface area contributed by atoms with Gasteiger partial charge in [0.25, 0.3) is 0 Å². The highest BCUT2D eigenvalue weighted by Gasteiger charge is 2.21. The molecule has 0 saturated carbocycles. The van der Waals surface area contributed by atoms with Crippen molar-refractivity contribution < 1.29 is 24.3 Å². The number of hydrogen-bond acceptors (Lipinski definition) is 5. The molecule has 0 aliphatic rings. The van der Waals surface area contributed by atoms with Crippen LogP contribution in [0.1, 0.15) is 39.5 Å². The van der Waals surface area contributed by atoms with Crippen LogP contribution in [0, 0.1) is 5.92 Å². The number of unbranched alkanes of at least 4 members (excludes halogenated alkanes) is 1. The molecule has 8 heteroatoms. The average molecular weight is 315 g/mol. The largest absolute Gasteiger partial charge is 0.481 e. The summed E-state index contributed by atoms with van der Waals surface area (Å²) in [5.74, 6) is -2.74. The highest BCUT2D eigenvalue weighted by Crippen LogP contribution is 2.01. The van der Waals surface area contributed by atoms with E-state index >= 15 is 0 Å². The average Bonchev–Trinajstić information content (AvgIpc) is 2.43. The van der Waals surface area contributed by atoms with Crippen LogP contribution in [0.25, 0.3) is 0 Å². The molecule has 0 fully saturated rings. The van der Waals surface area contributed by atoms with E-state index in [2.05, 4.69) is 10.6 Å². The molecule has 0 radical (unpaired) electrons. The number of carbonyl (C=O) groups excluding carboxylic acids is 3. The number of nitrogens with one attached hydrogen (secondary N) is 2. The lowest BCUT2D eigenvalue weighted by atomic mass is 10.1. The van der Waals surface area contributed by atoms with E-state index in [-0.39, 0.29) is 18.7 Å². The van der Waals surface area contributed by atoms with Crippen LogP contribution < -0.4 is 16.4 Å². The number of hydrogen-bond donors (Lipinski definition) is 4. The maximum atomic E-state index is 11.8. The van der Waals surface area contributed by atoms with Crippen LogP contribution in [0.4, 0.5) is 0 Å². The van der Waals surface area contributed by atoms with E-state index in [0.717, 1.165) is 0 Å². The molecular formula is C14H25N3O5. The van der Waals surface area contributed by atoms with Gasteiger partial charge in [-0.25, -0.2) is 0 Å². The van der Waals surface area contributed by atoms with E-state index < -0.39 is 29.7 Å². The number of carbonyl (C=O) groups is 4. The van der Waals surface area contributed by atoms with Crippen molar-refractivity contribution in [3.8, 4) is 0 Å². The van der Waals surface area contributed by atoms with Crippen LogP contribution in [0.15, 0.2) is 0 Å². The number of aliphatic carboxylic acids is 1. The van der Waals surface area contributed by atoms with Gasteiger partial charge in [-0.05, 0) is 19.8 Å². The first-order valence-electron chi connectivity index (χ1n) is 7.27. The first-order chi connectivity index (χ1) is 10.3. The summed E-state index contributed by atoms with van der Waals surface area (Å²) >= 11 is 0. The van der Waals surface area contributed by atoms with Gasteiger partial charge in [0, 0.05) is 25.9 Å². The van der Waals surface area contributed by atoms with Crippen LogP contribution in [-0.4, -0.2) is 47.8 Å². The fourth-order valence-corrected chi connectivity index (χ4v) is 1.68. The van der Waals surface area contributed by atoms with Gasteiger partial charge in [0.1, 0.15) is 11.8 Å². The number of Topliss-reactive ketones (excluding diaryl/α,β-unsaturated/α-hetero) is 1. The normalized spacial score (nSPS) is 13.0. The second-order valence-electron chi connectivity index (χ2n) is 5.25. The number of rotatable bonds is 11. The first-order valence-corrected chi connectivity index (χ1v) is 7.27. The fourth-order valence-electron chi connectivity index (χ4n) is 1.68. The Bertz CT molecular complexity index is 411. The Morgan fingerprint density at radius 3 is 2.32 bits per heavy atom. The molecule has 0 aromatic carbocycles. The maximum Gasteiger partial charge on any atom is 0.306 e. The van der Waals surface area contributed by atoms with Gasteiger partial charge in [-0.1, -0.05) is 6.92 Å². The first kappa shape index (κ1) is 20.0. The molecule has 0 heterocycles. The zero-order chi connectivity index (χ0) is 17.1. The zero-order valence-corrected chi connectivity index (χ0v) is 13.1. The number of amides is 2. The van der Waals surface area contributed by atoms with Crippen molar-refractivity contribution in [3.63, 3.8) is 0 Å². The second-order valence-corrected chi connectivity index (χ2v) is 5.25. The Labute approximate surface area is 129 Å². The summed E-state index contributed by atoms with van der Waals surface area (Å²) in [6, 6.07) is -0.888. The number of nitrogens with two attached hydrogens (primary N) is 1. The molecule has 8 nitrogen and oxygen atoms in total. The molecule has 0 saturated heterocycles. The Hall–Kier alpha value is -1.96. The quantitative estimate of drug-likeness (QED) is 0.376. The number of carboxylic acids is 1. The Morgan fingerprint density at radius 2 is 1.82 bits per heavy atom. The van der Waals surface area contributed by atoms with Gasteiger partial charge < -0.3 is 26.3 Å². The lowest BCUT2D eigenvalue weighted by molar-refractivity contribution is -0.143. The molecule has 2 unspecified atom stereocenters. The van der Waals surface area contributed by atoms with Crippen molar-refractivity contribution >= 4 is 23.6 Å². The van der Waals surface area contributed by atoms with Gasteiger partial charge >= 0.3 is 5.97 Å². The Kier molecular flexibility index (Phi) is 9.77. The highest BCUT2D eigenvalue weighted by molar-refractivity contribution is 5.89. The molecule has 0 aromatic heterocycles. The fraction of sp³-hybridized carbons (Fsp3) is 0.714. The summed E-state index contributed by atoms with van der Waals surface area (Å²) in [4.78, 5) is 44.9. The minimum Gasteiger partial charge on any atom is -0.481 e. The third-order valence-electron chi connectivity index (χ3n) is 3.06. The van der Waals surface area contributed by atoms with Crippen LogP contribution in [0.2, 0.25) is 0 Å². The van der Waals surface area contributed by atoms with Crippen molar-refractivity contribution in [2.45, 2.75) is 45.6 Å². The Morgan fingerprint density at radius 1 is 1.18 bits per heavy atom. The van der Waals surface area contributed by atoms with E-state index in [1.165, 1.54) is 13.8 Å². The molecule has 126 valence electrons. The van der Waals surface area contributed by atoms with E-state index in [0.29, 0.717) is 25.8 Å². The van der Waals surface area contributed by atoms with Crippen molar-refractivity contribution in [3.05, 3.63) is 0 Å². The minimum atomic E-state index is -1.07. The smallest absolute Gasteiger partial charge is 0.306 e. The molecule has 5 N–H and O–H groups in total. The molecule has 22 heavy (non-hydrogen) atoms. The van der Waals surface area contributed by atoms with Gasteiger partial charge in [0.15, 0.2) is 0 Å². The van der Waals surface area contributed by atoms with Gasteiger partial charge in [-0.3, -0.25) is 14.4 Å². The zero-order valence-electron chi connectivity index (χ0n) is 13.1. The predicted molar refractivity (Wildman–Crippen MR) is 79.9 cm³/mol. The van der Waals surface area contributed by atoms with Crippen LogP contribution >= 0.6 is 0 Å². The topological polar surface area (TPSA) is 139 Å². The van der Waals surface area contributed by atoms with E-state index in [9.17, 15) is 19.2 Å². The van der Waals surface area contributed by atoms with E-state index in [1.54, 1.807) is 0 Å². The monoisotopic (exact) mass is 315 g/mol. The summed E-state index contributed by atoms with van der Waals surface area (Å²) in [6.07, 6.45) is 1.61. The van der Waals surface area contributed by atoms with Crippen molar-refractivity contribution in [1.82, 2.24) is 10.6 Å². The SMILES string of the molecule is CC(=O)CCCCNC(=O)C(CN)NC(=O)CC(C)C(=O)O. The summed E-state index contributed by atoms with van der Waals surface area (Å²) in [5.41, 5.74) is 5.45. The summed E-state index contributed by atoms with van der Waals surface area (Å²) < 4.78 is 0. The molecule has 0 bridgehead atoms. The molecular weight excluding hydrogens is 290 g/mol. The third-order valence-corrected chi connectivity index (χ3v) is 3.06. The summed E-state index contributed by atoms with van der Waals surface area (Å²) in [7, 11) is 0. The third kappa shape index (κ3) is 9.06. The molecule has 2 atom stereocenters. The summed E-state index contributed by atoms with van der Waals surface area (Å²) in [5, 5.41) is 13.8. The van der Waals surface area contributed by atoms with Gasteiger partial charge in [-0.15, -0.1) is 0 Å². The lowest BCUT2D eigenvalue weighted by Gasteiger charge is -2.17. The predicted octanol–water partition coefficient (Wildman–Crippen LogP) is -0.584. The van der Waals surface area contributed by atoms with Crippen molar-refractivity contribution in [2.24, 2.45) is 11.7 Å². The maximum absolute atomic E-state index is 11.8. The minimum absolute atomic E-state index is 0.0769. The molecule has 0 rings (SSSR count). The van der Waals surface area contributed by atoms with Crippen LogP contribution in [0.5, 0.6) is 0 Å². The van der Waals surface area contributed by atoms with Gasteiger partial charge in [0.2, 0.25) is 11.8 Å². The van der Waals surface area contributed by atoms with Crippen molar-refractivity contribution in [2.75, 3.05) is 13.1 Å². The van der Waals surface area contributed by atoms with Gasteiger partial charge in [-0.2, -0.15) is 0 Å². The van der Waals surface area contributed by atoms with Crippen LogP contribution in [0.3, 0.4) is 0 Å². The number of carboxylic acid groups (broad SMARTS) is 1. The Balaban J connectivity index is 4.11. The number of ketones is 1. The molecule has 2 amide bonds. The van der Waals surface area contributed by atoms with E-state index in [4.69, 9.17) is 10.8 Å². The lowest BCUT2D eigenvalue weighted by Crippen LogP contribution is -2.51. The van der Waals surface area contributed by atoms with Gasteiger partial charge in [0.05, 0.1) is 5.92 Å². The standard InChI is InChI=1S/C14H25N3O5/c1-9(14(21)22)7-12(19)17-11(8-15)13(20)16-6-4-3-5-10(2)18/h9,11H,3-8,15H2,1-2H3,(H,16,20)(H,17,19)(H,21,22). The molecule has 0 aromatic rings. The van der Waals surface area contributed by atoms with Crippen LogP contribution in [-0.2, 0) is 19.2 Å².